The number of rotatable bonds is 1. The summed E-state index contributed by atoms with van der Waals surface area (Å²) in [6.07, 6.45) is 1.74. The third-order valence-corrected chi connectivity index (χ3v) is 3.86. The predicted molar refractivity (Wildman–Crippen MR) is 89.1 cm³/mol. The number of pyridine rings is 1. The monoisotopic (exact) mass is 270 g/mol. The average Bonchev–Trinajstić information content (AvgIpc) is 2.54. The standard InChI is InChI=1S/C19H14N2/c20-18-9-10-21-19-8-7-16(12-17(18)19)15-6-5-13-3-1-2-4-14(13)11-15/h1-12H,(H2,20,21). The Labute approximate surface area is 122 Å². The maximum Gasteiger partial charge on any atom is 0.0723 e. The first-order chi connectivity index (χ1) is 10.3. The molecule has 0 aliphatic carbocycles. The summed E-state index contributed by atoms with van der Waals surface area (Å²) in [4.78, 5) is 4.35. The summed E-state index contributed by atoms with van der Waals surface area (Å²) in [6, 6.07) is 23.0. The van der Waals surface area contributed by atoms with E-state index in [4.69, 9.17) is 5.73 Å². The molecule has 0 amide bonds. The average molecular weight is 270 g/mol. The van der Waals surface area contributed by atoms with Gasteiger partial charge < -0.3 is 5.73 Å². The van der Waals surface area contributed by atoms with Crippen LogP contribution in [0.1, 0.15) is 0 Å². The van der Waals surface area contributed by atoms with Crippen molar-refractivity contribution < 1.29 is 0 Å². The van der Waals surface area contributed by atoms with Gasteiger partial charge in [-0.15, -0.1) is 0 Å². The third kappa shape index (κ3) is 2.01. The van der Waals surface area contributed by atoms with Crippen molar-refractivity contribution in [2.75, 3.05) is 5.73 Å². The van der Waals surface area contributed by atoms with Crippen LogP contribution >= 0.6 is 0 Å². The van der Waals surface area contributed by atoms with Crippen LogP contribution in [0.15, 0.2) is 72.9 Å². The SMILES string of the molecule is Nc1ccnc2ccc(-c3ccc4ccccc4c3)cc12. The Morgan fingerprint density at radius 1 is 0.714 bits per heavy atom. The fraction of sp³-hybridized carbons (Fsp3) is 0. The van der Waals surface area contributed by atoms with Crippen molar-refractivity contribution in [2.45, 2.75) is 0 Å². The van der Waals surface area contributed by atoms with Gasteiger partial charge in [-0.05, 0) is 46.2 Å². The minimum atomic E-state index is 0.766. The quantitative estimate of drug-likeness (QED) is 0.547. The molecule has 3 aromatic carbocycles. The molecule has 1 heterocycles. The highest BCUT2D eigenvalue weighted by molar-refractivity contribution is 5.94. The van der Waals surface area contributed by atoms with Gasteiger partial charge in [0, 0.05) is 17.3 Å². The molecular formula is C19H14N2. The predicted octanol–water partition coefficient (Wildman–Crippen LogP) is 4.64. The summed E-state index contributed by atoms with van der Waals surface area (Å²) in [5, 5.41) is 3.50. The fourth-order valence-corrected chi connectivity index (χ4v) is 2.72. The summed E-state index contributed by atoms with van der Waals surface area (Å²) in [7, 11) is 0. The van der Waals surface area contributed by atoms with Crippen molar-refractivity contribution in [2.24, 2.45) is 0 Å². The molecule has 0 fully saturated rings. The number of hydrogen-bond donors (Lipinski definition) is 1. The first-order valence-electron chi connectivity index (χ1n) is 6.95. The molecular weight excluding hydrogens is 256 g/mol. The zero-order valence-corrected chi connectivity index (χ0v) is 11.5. The topological polar surface area (TPSA) is 38.9 Å². The summed E-state index contributed by atoms with van der Waals surface area (Å²) < 4.78 is 0. The van der Waals surface area contributed by atoms with Crippen molar-refractivity contribution in [1.82, 2.24) is 4.98 Å². The Bertz CT molecular complexity index is 958. The van der Waals surface area contributed by atoms with Gasteiger partial charge in [0.2, 0.25) is 0 Å². The molecule has 0 saturated heterocycles. The lowest BCUT2D eigenvalue weighted by molar-refractivity contribution is 1.41. The zero-order chi connectivity index (χ0) is 14.2. The molecule has 0 aliphatic rings. The van der Waals surface area contributed by atoms with Crippen molar-refractivity contribution in [3.05, 3.63) is 72.9 Å². The van der Waals surface area contributed by atoms with E-state index in [1.807, 2.05) is 12.1 Å². The minimum Gasteiger partial charge on any atom is -0.398 e. The molecule has 0 unspecified atom stereocenters. The van der Waals surface area contributed by atoms with Gasteiger partial charge in [0.25, 0.3) is 0 Å². The van der Waals surface area contributed by atoms with Crippen molar-refractivity contribution in [3.63, 3.8) is 0 Å². The Morgan fingerprint density at radius 2 is 1.48 bits per heavy atom. The van der Waals surface area contributed by atoms with E-state index in [0.717, 1.165) is 22.2 Å². The Kier molecular flexibility index (Phi) is 2.61. The zero-order valence-electron chi connectivity index (χ0n) is 11.5. The molecule has 0 aliphatic heterocycles. The van der Waals surface area contributed by atoms with E-state index in [0.29, 0.717) is 0 Å². The molecule has 2 nitrogen and oxygen atoms in total. The molecule has 100 valence electrons. The number of benzene rings is 3. The number of nitrogen functional groups attached to an aromatic ring is 1. The second-order valence-electron chi connectivity index (χ2n) is 5.19. The highest BCUT2D eigenvalue weighted by Gasteiger charge is 2.04. The van der Waals surface area contributed by atoms with Crippen LogP contribution < -0.4 is 5.73 Å². The van der Waals surface area contributed by atoms with Gasteiger partial charge in [-0.3, -0.25) is 4.98 Å². The number of nitrogens with two attached hydrogens (primary N) is 1. The van der Waals surface area contributed by atoms with Crippen molar-refractivity contribution in [3.8, 4) is 11.1 Å². The number of anilines is 1. The fourth-order valence-electron chi connectivity index (χ4n) is 2.72. The Morgan fingerprint density at radius 3 is 2.38 bits per heavy atom. The van der Waals surface area contributed by atoms with Crippen LogP contribution in [0.4, 0.5) is 5.69 Å². The maximum absolute atomic E-state index is 6.05. The van der Waals surface area contributed by atoms with E-state index >= 15 is 0 Å². The third-order valence-electron chi connectivity index (χ3n) is 3.86. The normalized spacial score (nSPS) is 11.0. The van der Waals surface area contributed by atoms with Crippen LogP contribution in [0.5, 0.6) is 0 Å². The molecule has 21 heavy (non-hydrogen) atoms. The number of fused-ring (bicyclic) bond motifs is 2. The van der Waals surface area contributed by atoms with Crippen LogP contribution in [0.3, 0.4) is 0 Å². The van der Waals surface area contributed by atoms with E-state index in [-0.39, 0.29) is 0 Å². The second-order valence-corrected chi connectivity index (χ2v) is 5.19. The molecule has 2 N–H and O–H groups in total. The Balaban J connectivity index is 1.93. The van der Waals surface area contributed by atoms with Gasteiger partial charge in [0.15, 0.2) is 0 Å². The van der Waals surface area contributed by atoms with Crippen LogP contribution in [-0.4, -0.2) is 4.98 Å². The summed E-state index contributed by atoms with van der Waals surface area (Å²) in [6.45, 7) is 0. The molecule has 4 aromatic rings. The second kappa shape index (κ2) is 4.60. The molecule has 2 heteroatoms. The number of nitrogens with zero attached hydrogens (tertiary/aromatic N) is 1. The largest absolute Gasteiger partial charge is 0.398 e. The van der Waals surface area contributed by atoms with Crippen LogP contribution in [-0.2, 0) is 0 Å². The number of aromatic nitrogens is 1. The highest BCUT2D eigenvalue weighted by atomic mass is 14.7. The van der Waals surface area contributed by atoms with E-state index in [1.165, 1.54) is 16.3 Å². The smallest absolute Gasteiger partial charge is 0.0723 e. The van der Waals surface area contributed by atoms with Gasteiger partial charge >= 0.3 is 0 Å². The summed E-state index contributed by atoms with van der Waals surface area (Å²) >= 11 is 0. The van der Waals surface area contributed by atoms with Gasteiger partial charge in [-0.25, -0.2) is 0 Å². The molecule has 0 saturated carbocycles. The molecule has 1 aromatic heterocycles. The van der Waals surface area contributed by atoms with E-state index in [2.05, 4.69) is 59.6 Å². The summed E-state index contributed by atoms with van der Waals surface area (Å²) in [5.74, 6) is 0. The molecule has 0 atom stereocenters. The van der Waals surface area contributed by atoms with Gasteiger partial charge in [-0.1, -0.05) is 42.5 Å². The lowest BCUT2D eigenvalue weighted by Gasteiger charge is -2.07. The summed E-state index contributed by atoms with van der Waals surface area (Å²) in [5.41, 5.74) is 10.1. The van der Waals surface area contributed by atoms with Crippen LogP contribution in [0.25, 0.3) is 32.8 Å². The minimum absolute atomic E-state index is 0.766. The van der Waals surface area contributed by atoms with Crippen LogP contribution in [0, 0.1) is 0 Å². The lowest BCUT2D eigenvalue weighted by atomic mass is 9.99. The van der Waals surface area contributed by atoms with Crippen molar-refractivity contribution in [1.29, 1.82) is 0 Å². The van der Waals surface area contributed by atoms with Gasteiger partial charge in [0.1, 0.15) is 0 Å². The van der Waals surface area contributed by atoms with E-state index < -0.39 is 0 Å². The molecule has 0 radical (unpaired) electrons. The maximum atomic E-state index is 6.05. The molecule has 4 rings (SSSR count). The van der Waals surface area contributed by atoms with E-state index in [1.54, 1.807) is 6.20 Å². The molecule has 0 spiro atoms. The lowest BCUT2D eigenvalue weighted by Crippen LogP contribution is -1.89. The van der Waals surface area contributed by atoms with Crippen molar-refractivity contribution >= 4 is 27.4 Å². The van der Waals surface area contributed by atoms with Crippen LogP contribution in [0.2, 0.25) is 0 Å². The van der Waals surface area contributed by atoms with Gasteiger partial charge in [-0.2, -0.15) is 0 Å². The van der Waals surface area contributed by atoms with E-state index in [9.17, 15) is 0 Å². The van der Waals surface area contributed by atoms with Gasteiger partial charge in [0.05, 0.1) is 5.52 Å². The number of hydrogen-bond acceptors (Lipinski definition) is 2. The first kappa shape index (κ1) is 11.9. The highest BCUT2D eigenvalue weighted by Crippen LogP contribution is 2.28. The Hall–Kier alpha value is -2.87. The molecule has 0 bridgehead atoms. The first-order valence-corrected chi connectivity index (χ1v) is 6.95.